The largest absolute Gasteiger partial charge is 0.353 e. The number of nitrogens with one attached hydrogen (secondary N) is 1. The van der Waals surface area contributed by atoms with Crippen LogP contribution in [-0.4, -0.2) is 18.5 Å². The third kappa shape index (κ3) is 3.71. The first-order chi connectivity index (χ1) is 8.69. The van der Waals surface area contributed by atoms with Gasteiger partial charge in [0.15, 0.2) is 0 Å². The van der Waals surface area contributed by atoms with E-state index in [0.717, 1.165) is 25.3 Å². The maximum atomic E-state index is 12.3. The summed E-state index contributed by atoms with van der Waals surface area (Å²) in [5.74, 6) is 1.86. The van der Waals surface area contributed by atoms with Crippen LogP contribution < -0.4 is 11.1 Å². The lowest BCUT2D eigenvalue weighted by Gasteiger charge is -2.31. The summed E-state index contributed by atoms with van der Waals surface area (Å²) in [6.07, 6.45) is 9.37. The van der Waals surface area contributed by atoms with Gasteiger partial charge in [0.1, 0.15) is 0 Å². The zero-order valence-corrected chi connectivity index (χ0v) is 11.7. The molecule has 0 spiro atoms. The number of carbonyl (C=O) groups excluding carboxylic acids is 1. The quantitative estimate of drug-likeness (QED) is 0.810. The van der Waals surface area contributed by atoms with Crippen LogP contribution in [0.5, 0.6) is 0 Å². The Kier molecular flexibility index (Phi) is 5.04. The maximum absolute atomic E-state index is 12.3. The molecule has 0 aliphatic heterocycles. The van der Waals surface area contributed by atoms with Gasteiger partial charge in [0.05, 0.1) is 0 Å². The van der Waals surface area contributed by atoms with Crippen molar-refractivity contribution >= 4 is 5.91 Å². The summed E-state index contributed by atoms with van der Waals surface area (Å²) in [5, 5.41) is 3.28. The predicted octanol–water partition coefficient (Wildman–Crippen LogP) is 2.45. The van der Waals surface area contributed by atoms with Gasteiger partial charge in [0.25, 0.3) is 0 Å². The van der Waals surface area contributed by atoms with E-state index in [0.29, 0.717) is 17.9 Å². The van der Waals surface area contributed by atoms with Crippen molar-refractivity contribution in [3.05, 3.63) is 0 Å². The zero-order valence-electron chi connectivity index (χ0n) is 11.7. The molecule has 3 heteroatoms. The summed E-state index contributed by atoms with van der Waals surface area (Å²) < 4.78 is 0. The van der Waals surface area contributed by atoms with E-state index in [9.17, 15) is 4.79 Å². The summed E-state index contributed by atoms with van der Waals surface area (Å²) in [5.41, 5.74) is 5.74. The number of carbonyl (C=O) groups is 1. The fourth-order valence-electron chi connectivity index (χ4n) is 3.63. The monoisotopic (exact) mass is 252 g/mol. The highest BCUT2D eigenvalue weighted by molar-refractivity contribution is 5.79. The van der Waals surface area contributed by atoms with E-state index >= 15 is 0 Å². The number of amides is 1. The standard InChI is InChI=1S/C15H28N2O/c1-11-4-2-7-14(8-11)17-15(18)13-6-3-5-12(9-13)10-16/h11-14H,2-10,16H2,1H3,(H,17,18). The number of rotatable bonds is 3. The van der Waals surface area contributed by atoms with Crippen LogP contribution in [0.2, 0.25) is 0 Å². The molecular formula is C15H28N2O. The highest BCUT2D eigenvalue weighted by Crippen LogP contribution is 2.29. The van der Waals surface area contributed by atoms with Crippen molar-refractivity contribution in [2.45, 2.75) is 64.3 Å². The molecule has 104 valence electrons. The summed E-state index contributed by atoms with van der Waals surface area (Å²) >= 11 is 0. The lowest BCUT2D eigenvalue weighted by atomic mass is 9.80. The Balaban J connectivity index is 1.79. The Hall–Kier alpha value is -0.570. The Bertz CT molecular complexity index is 280. The average Bonchev–Trinajstić information content (AvgIpc) is 2.39. The molecule has 2 fully saturated rings. The fourth-order valence-corrected chi connectivity index (χ4v) is 3.63. The first-order valence-electron chi connectivity index (χ1n) is 7.69. The predicted molar refractivity (Wildman–Crippen MR) is 74.1 cm³/mol. The Morgan fingerprint density at radius 3 is 2.67 bits per heavy atom. The van der Waals surface area contributed by atoms with E-state index in [2.05, 4.69) is 12.2 Å². The topological polar surface area (TPSA) is 55.1 Å². The highest BCUT2D eigenvalue weighted by atomic mass is 16.1. The molecule has 0 saturated heterocycles. The minimum absolute atomic E-state index is 0.226. The number of nitrogens with two attached hydrogens (primary N) is 1. The molecule has 0 bridgehead atoms. The van der Waals surface area contributed by atoms with E-state index in [4.69, 9.17) is 5.73 Å². The molecule has 0 aromatic heterocycles. The van der Waals surface area contributed by atoms with Crippen LogP contribution in [0.25, 0.3) is 0 Å². The number of hydrogen-bond acceptors (Lipinski definition) is 2. The molecule has 2 aliphatic carbocycles. The highest BCUT2D eigenvalue weighted by Gasteiger charge is 2.28. The van der Waals surface area contributed by atoms with E-state index in [1.807, 2.05) is 0 Å². The van der Waals surface area contributed by atoms with Gasteiger partial charge in [-0.2, -0.15) is 0 Å². The van der Waals surface area contributed by atoms with Crippen molar-refractivity contribution < 1.29 is 4.79 Å². The van der Waals surface area contributed by atoms with Crippen molar-refractivity contribution in [2.75, 3.05) is 6.54 Å². The van der Waals surface area contributed by atoms with Crippen LogP contribution in [0.1, 0.15) is 58.3 Å². The summed E-state index contributed by atoms with van der Waals surface area (Å²) in [4.78, 5) is 12.3. The molecule has 2 saturated carbocycles. The van der Waals surface area contributed by atoms with E-state index < -0.39 is 0 Å². The van der Waals surface area contributed by atoms with E-state index in [1.165, 1.54) is 38.5 Å². The van der Waals surface area contributed by atoms with Crippen LogP contribution in [0.4, 0.5) is 0 Å². The van der Waals surface area contributed by atoms with Crippen LogP contribution in [0.3, 0.4) is 0 Å². The van der Waals surface area contributed by atoms with Crippen LogP contribution in [0.15, 0.2) is 0 Å². The molecule has 0 aromatic rings. The third-order valence-corrected chi connectivity index (χ3v) is 4.77. The van der Waals surface area contributed by atoms with Crippen molar-refractivity contribution in [3.63, 3.8) is 0 Å². The molecule has 4 atom stereocenters. The SMILES string of the molecule is CC1CCCC(NC(=O)C2CCCC(CN)C2)C1. The van der Waals surface area contributed by atoms with Gasteiger partial charge in [-0.3, -0.25) is 4.79 Å². The van der Waals surface area contributed by atoms with Crippen LogP contribution in [0, 0.1) is 17.8 Å². The minimum atomic E-state index is 0.226. The molecule has 0 radical (unpaired) electrons. The zero-order chi connectivity index (χ0) is 13.0. The molecule has 0 heterocycles. The van der Waals surface area contributed by atoms with Crippen LogP contribution in [-0.2, 0) is 4.79 Å². The molecule has 2 aliphatic rings. The molecule has 1 amide bonds. The van der Waals surface area contributed by atoms with Gasteiger partial charge < -0.3 is 11.1 Å². The second kappa shape index (κ2) is 6.55. The fraction of sp³-hybridized carbons (Fsp3) is 0.933. The third-order valence-electron chi connectivity index (χ3n) is 4.77. The minimum Gasteiger partial charge on any atom is -0.353 e. The molecular weight excluding hydrogens is 224 g/mol. The molecule has 2 rings (SSSR count). The van der Waals surface area contributed by atoms with Gasteiger partial charge in [-0.25, -0.2) is 0 Å². The van der Waals surface area contributed by atoms with Gasteiger partial charge in [0, 0.05) is 12.0 Å². The Labute approximate surface area is 111 Å². The van der Waals surface area contributed by atoms with E-state index in [-0.39, 0.29) is 5.92 Å². The smallest absolute Gasteiger partial charge is 0.223 e. The Morgan fingerprint density at radius 2 is 1.94 bits per heavy atom. The normalized spacial score (nSPS) is 37.2. The molecule has 4 unspecified atom stereocenters. The average molecular weight is 252 g/mol. The molecule has 3 nitrogen and oxygen atoms in total. The van der Waals surface area contributed by atoms with Gasteiger partial charge in [0.2, 0.25) is 5.91 Å². The summed E-state index contributed by atoms with van der Waals surface area (Å²) in [6, 6.07) is 0.430. The van der Waals surface area contributed by atoms with Crippen molar-refractivity contribution in [1.82, 2.24) is 5.32 Å². The van der Waals surface area contributed by atoms with Gasteiger partial charge in [-0.1, -0.05) is 26.2 Å². The van der Waals surface area contributed by atoms with Crippen molar-refractivity contribution in [2.24, 2.45) is 23.5 Å². The first-order valence-corrected chi connectivity index (χ1v) is 7.69. The lowest BCUT2D eigenvalue weighted by molar-refractivity contribution is -0.127. The van der Waals surface area contributed by atoms with Crippen molar-refractivity contribution in [3.8, 4) is 0 Å². The maximum Gasteiger partial charge on any atom is 0.223 e. The van der Waals surface area contributed by atoms with Gasteiger partial charge in [-0.15, -0.1) is 0 Å². The Morgan fingerprint density at radius 1 is 1.17 bits per heavy atom. The van der Waals surface area contributed by atoms with Gasteiger partial charge >= 0.3 is 0 Å². The number of hydrogen-bond donors (Lipinski definition) is 2. The second-order valence-corrected chi connectivity index (χ2v) is 6.44. The van der Waals surface area contributed by atoms with Gasteiger partial charge in [-0.05, 0) is 50.5 Å². The molecule has 0 aromatic carbocycles. The molecule has 18 heavy (non-hydrogen) atoms. The summed E-state index contributed by atoms with van der Waals surface area (Å²) in [7, 11) is 0. The summed E-state index contributed by atoms with van der Waals surface area (Å²) in [6.45, 7) is 3.04. The first kappa shape index (κ1) is 13.9. The van der Waals surface area contributed by atoms with Crippen LogP contribution >= 0.6 is 0 Å². The lowest BCUT2D eigenvalue weighted by Crippen LogP contribution is -2.42. The molecule has 3 N–H and O–H groups in total. The second-order valence-electron chi connectivity index (χ2n) is 6.44. The van der Waals surface area contributed by atoms with E-state index in [1.54, 1.807) is 0 Å². The van der Waals surface area contributed by atoms with Crippen molar-refractivity contribution in [1.29, 1.82) is 0 Å².